The molecule has 1 aromatic rings. The Kier molecular flexibility index (Phi) is 5.62. The lowest BCUT2D eigenvalue weighted by Gasteiger charge is -2.19. The van der Waals surface area contributed by atoms with Crippen molar-refractivity contribution in [3.8, 4) is 0 Å². The number of halogens is 2. The average molecular weight is 274 g/mol. The summed E-state index contributed by atoms with van der Waals surface area (Å²) in [5, 5.41) is 13.2. The molecule has 106 valence electrons. The quantitative estimate of drug-likeness (QED) is 0.613. The summed E-state index contributed by atoms with van der Waals surface area (Å²) in [7, 11) is 1.49. The Morgan fingerprint density at radius 3 is 2.42 bits per heavy atom. The van der Waals surface area contributed by atoms with Crippen LogP contribution in [0.4, 0.5) is 20.2 Å². The van der Waals surface area contributed by atoms with E-state index >= 15 is 0 Å². The number of non-ortho nitro benzene ring substituents is 1. The first-order chi connectivity index (χ1) is 8.99. The van der Waals surface area contributed by atoms with Crippen LogP contribution in [0.15, 0.2) is 12.1 Å². The van der Waals surface area contributed by atoms with Gasteiger partial charge in [-0.05, 0) is 6.42 Å². The highest BCUT2D eigenvalue weighted by atomic mass is 19.1. The summed E-state index contributed by atoms with van der Waals surface area (Å²) in [6.45, 7) is 2.23. The minimum Gasteiger partial charge on any atom is -0.383 e. The average Bonchev–Trinajstić information content (AvgIpc) is 2.33. The molecule has 0 aliphatic heterocycles. The van der Waals surface area contributed by atoms with Crippen LogP contribution in [0.1, 0.15) is 19.8 Å². The third-order valence-corrected chi connectivity index (χ3v) is 2.59. The zero-order valence-electron chi connectivity index (χ0n) is 10.8. The highest BCUT2D eigenvalue weighted by Crippen LogP contribution is 2.25. The number of rotatable bonds is 7. The van der Waals surface area contributed by atoms with Crippen molar-refractivity contribution in [2.45, 2.75) is 25.8 Å². The van der Waals surface area contributed by atoms with Crippen molar-refractivity contribution in [3.63, 3.8) is 0 Å². The molecule has 0 bridgehead atoms. The fraction of sp³-hybridized carbons (Fsp3) is 0.500. The zero-order chi connectivity index (χ0) is 14.4. The lowest BCUT2D eigenvalue weighted by molar-refractivity contribution is -0.385. The SMILES string of the molecule is CCCC(COC)Nc1c(F)cc([N+](=O)[O-])cc1F. The van der Waals surface area contributed by atoms with Crippen molar-refractivity contribution in [2.24, 2.45) is 0 Å². The number of hydrogen-bond acceptors (Lipinski definition) is 4. The molecule has 1 unspecified atom stereocenters. The smallest absolute Gasteiger partial charge is 0.275 e. The molecular weight excluding hydrogens is 258 g/mol. The zero-order valence-corrected chi connectivity index (χ0v) is 10.8. The Bertz CT molecular complexity index is 426. The second-order valence-electron chi connectivity index (χ2n) is 4.13. The fourth-order valence-corrected chi connectivity index (χ4v) is 1.75. The second-order valence-corrected chi connectivity index (χ2v) is 4.13. The largest absolute Gasteiger partial charge is 0.383 e. The van der Waals surface area contributed by atoms with Gasteiger partial charge in [-0.15, -0.1) is 0 Å². The molecule has 0 amide bonds. The van der Waals surface area contributed by atoms with Crippen molar-refractivity contribution in [1.82, 2.24) is 0 Å². The lowest BCUT2D eigenvalue weighted by atomic mass is 10.1. The van der Waals surface area contributed by atoms with Crippen LogP contribution in [0.25, 0.3) is 0 Å². The highest BCUT2D eigenvalue weighted by Gasteiger charge is 2.19. The van der Waals surface area contributed by atoms with Gasteiger partial charge in [0.15, 0.2) is 11.6 Å². The Labute approximate surface area is 109 Å². The van der Waals surface area contributed by atoms with Gasteiger partial charge >= 0.3 is 0 Å². The molecule has 0 aliphatic carbocycles. The maximum atomic E-state index is 13.7. The monoisotopic (exact) mass is 274 g/mol. The molecule has 0 spiro atoms. The molecule has 0 radical (unpaired) electrons. The van der Waals surface area contributed by atoms with Crippen LogP contribution >= 0.6 is 0 Å². The van der Waals surface area contributed by atoms with E-state index in [1.807, 2.05) is 6.92 Å². The molecule has 1 rings (SSSR count). The number of nitro groups is 1. The molecule has 1 N–H and O–H groups in total. The topological polar surface area (TPSA) is 64.4 Å². The van der Waals surface area contributed by atoms with Gasteiger partial charge in [0, 0.05) is 13.2 Å². The maximum Gasteiger partial charge on any atom is 0.275 e. The first-order valence-corrected chi connectivity index (χ1v) is 5.88. The summed E-state index contributed by atoms with van der Waals surface area (Å²) in [5.41, 5.74) is -0.972. The number of benzene rings is 1. The Morgan fingerprint density at radius 2 is 2.00 bits per heavy atom. The van der Waals surface area contributed by atoms with Gasteiger partial charge in [-0.2, -0.15) is 0 Å². The molecule has 0 saturated heterocycles. The van der Waals surface area contributed by atoms with E-state index in [-0.39, 0.29) is 11.7 Å². The van der Waals surface area contributed by atoms with Crippen molar-refractivity contribution >= 4 is 11.4 Å². The van der Waals surface area contributed by atoms with E-state index in [1.54, 1.807) is 0 Å². The lowest BCUT2D eigenvalue weighted by Crippen LogP contribution is -2.25. The van der Waals surface area contributed by atoms with Crippen LogP contribution in [0.5, 0.6) is 0 Å². The van der Waals surface area contributed by atoms with Crippen LogP contribution in [-0.4, -0.2) is 24.7 Å². The van der Waals surface area contributed by atoms with Gasteiger partial charge in [-0.25, -0.2) is 8.78 Å². The van der Waals surface area contributed by atoms with Crippen LogP contribution < -0.4 is 5.32 Å². The van der Waals surface area contributed by atoms with Crippen LogP contribution in [0.2, 0.25) is 0 Å². The van der Waals surface area contributed by atoms with Crippen LogP contribution in [0.3, 0.4) is 0 Å². The number of nitrogens with zero attached hydrogens (tertiary/aromatic N) is 1. The van der Waals surface area contributed by atoms with Crippen molar-refractivity contribution in [1.29, 1.82) is 0 Å². The molecule has 0 aliphatic rings. The molecule has 19 heavy (non-hydrogen) atoms. The van der Waals surface area contributed by atoms with E-state index in [0.717, 1.165) is 6.42 Å². The van der Waals surface area contributed by atoms with E-state index in [2.05, 4.69) is 5.32 Å². The number of methoxy groups -OCH3 is 1. The van der Waals surface area contributed by atoms with Crippen molar-refractivity contribution in [3.05, 3.63) is 33.9 Å². The minimum absolute atomic E-state index is 0.250. The second kappa shape index (κ2) is 6.98. The summed E-state index contributed by atoms with van der Waals surface area (Å²) in [6.07, 6.45) is 1.49. The number of ether oxygens (including phenoxy) is 1. The van der Waals surface area contributed by atoms with Crippen LogP contribution in [0, 0.1) is 21.7 Å². The fourth-order valence-electron chi connectivity index (χ4n) is 1.75. The molecule has 0 aromatic heterocycles. The standard InChI is InChI=1S/C12H16F2N2O3/c1-3-4-8(7-19-2)15-12-10(13)5-9(16(17)18)6-11(12)14/h5-6,8,15H,3-4,7H2,1-2H3. The molecule has 0 fully saturated rings. The Hall–Kier alpha value is -1.76. The summed E-state index contributed by atoms with van der Waals surface area (Å²) in [6, 6.07) is 1.14. The summed E-state index contributed by atoms with van der Waals surface area (Å²) >= 11 is 0. The predicted octanol–water partition coefficient (Wildman–Crippen LogP) is 3.10. The summed E-state index contributed by atoms with van der Waals surface area (Å²) in [5.74, 6) is -1.96. The number of anilines is 1. The molecular formula is C12H16F2N2O3. The van der Waals surface area contributed by atoms with Crippen molar-refractivity contribution in [2.75, 3.05) is 19.0 Å². The molecule has 0 heterocycles. The molecule has 1 atom stereocenters. The molecule has 1 aromatic carbocycles. The minimum atomic E-state index is -0.982. The molecule has 7 heteroatoms. The Balaban J connectivity index is 2.96. The van der Waals surface area contributed by atoms with E-state index < -0.39 is 22.2 Å². The van der Waals surface area contributed by atoms with E-state index in [0.29, 0.717) is 25.2 Å². The van der Waals surface area contributed by atoms with Gasteiger partial charge in [-0.3, -0.25) is 10.1 Å². The number of nitrogens with one attached hydrogen (secondary N) is 1. The number of hydrogen-bond donors (Lipinski definition) is 1. The summed E-state index contributed by atoms with van der Waals surface area (Å²) < 4.78 is 32.3. The van der Waals surface area contributed by atoms with Gasteiger partial charge in [0.25, 0.3) is 5.69 Å². The van der Waals surface area contributed by atoms with E-state index in [4.69, 9.17) is 4.74 Å². The third-order valence-electron chi connectivity index (χ3n) is 2.59. The Morgan fingerprint density at radius 1 is 1.42 bits per heavy atom. The van der Waals surface area contributed by atoms with Gasteiger partial charge in [-0.1, -0.05) is 13.3 Å². The molecule has 0 saturated carbocycles. The van der Waals surface area contributed by atoms with Gasteiger partial charge in [0.1, 0.15) is 5.69 Å². The predicted molar refractivity (Wildman–Crippen MR) is 67.2 cm³/mol. The van der Waals surface area contributed by atoms with E-state index in [1.165, 1.54) is 7.11 Å². The van der Waals surface area contributed by atoms with Crippen molar-refractivity contribution < 1.29 is 18.4 Å². The first kappa shape index (κ1) is 15.3. The maximum absolute atomic E-state index is 13.7. The van der Waals surface area contributed by atoms with Gasteiger partial charge in [0.05, 0.1) is 23.7 Å². The normalized spacial score (nSPS) is 12.2. The van der Waals surface area contributed by atoms with Gasteiger partial charge < -0.3 is 10.1 Å². The summed E-state index contributed by atoms with van der Waals surface area (Å²) in [4.78, 5) is 9.64. The van der Waals surface area contributed by atoms with E-state index in [9.17, 15) is 18.9 Å². The third kappa shape index (κ3) is 4.13. The molecule has 5 nitrogen and oxygen atoms in total. The highest BCUT2D eigenvalue weighted by molar-refractivity contribution is 5.52. The van der Waals surface area contributed by atoms with Gasteiger partial charge in [0.2, 0.25) is 0 Å². The number of nitro benzene ring substituents is 1. The first-order valence-electron chi connectivity index (χ1n) is 5.88. The van der Waals surface area contributed by atoms with Crippen LogP contribution in [-0.2, 0) is 4.74 Å².